The average Bonchev–Trinajstić information content (AvgIpc) is 2.73. The molecule has 1 unspecified atom stereocenters. The largest absolute Gasteiger partial charge is 0.319 e. The van der Waals surface area contributed by atoms with Crippen LogP contribution in [0.15, 0.2) is 0 Å². The van der Waals surface area contributed by atoms with Gasteiger partial charge in [-0.3, -0.25) is 0 Å². The monoisotopic (exact) mass is 265 g/mol. The predicted octanol–water partition coefficient (Wildman–Crippen LogP) is 2.29. The number of hydrogen-bond acceptors (Lipinski definition) is 4. The lowest BCUT2D eigenvalue weighted by molar-refractivity contribution is 0.329. The first-order valence-corrected chi connectivity index (χ1v) is 7.95. The number of nitrogens with two attached hydrogens (primary N) is 1. The van der Waals surface area contributed by atoms with Crippen molar-refractivity contribution in [1.29, 1.82) is 0 Å². The maximum absolute atomic E-state index is 6.68. The third-order valence-corrected chi connectivity index (χ3v) is 5.75. The fourth-order valence-electron chi connectivity index (χ4n) is 3.07. The molecule has 100 valence electrons. The van der Waals surface area contributed by atoms with E-state index in [1.807, 2.05) is 11.3 Å². The highest BCUT2D eigenvalue weighted by Crippen LogP contribution is 2.36. The van der Waals surface area contributed by atoms with Gasteiger partial charge >= 0.3 is 0 Å². The number of aromatic nitrogens is 1. The molecule has 1 aromatic rings. The van der Waals surface area contributed by atoms with Crippen LogP contribution in [0, 0.1) is 0 Å². The van der Waals surface area contributed by atoms with Crippen LogP contribution in [-0.2, 0) is 18.4 Å². The van der Waals surface area contributed by atoms with E-state index >= 15 is 0 Å². The minimum atomic E-state index is -0.160. The second-order valence-electron chi connectivity index (χ2n) is 5.91. The van der Waals surface area contributed by atoms with Gasteiger partial charge in [0, 0.05) is 4.88 Å². The summed E-state index contributed by atoms with van der Waals surface area (Å²) in [6, 6.07) is 0. The molecular formula is C14H23N3S. The van der Waals surface area contributed by atoms with Gasteiger partial charge < -0.3 is 10.6 Å². The van der Waals surface area contributed by atoms with Crippen molar-refractivity contribution in [3.63, 3.8) is 0 Å². The van der Waals surface area contributed by atoms with E-state index in [9.17, 15) is 0 Å². The lowest BCUT2D eigenvalue weighted by atomic mass is 9.92. The van der Waals surface area contributed by atoms with Crippen molar-refractivity contribution in [2.75, 3.05) is 20.1 Å². The SMILES string of the molecule is CN1CCCC(N)(c2nc3c(s2)CCCC3)CC1. The predicted molar refractivity (Wildman–Crippen MR) is 76.0 cm³/mol. The van der Waals surface area contributed by atoms with Gasteiger partial charge in [0.2, 0.25) is 0 Å². The Morgan fingerprint density at radius 1 is 1.17 bits per heavy atom. The molecule has 0 aromatic carbocycles. The summed E-state index contributed by atoms with van der Waals surface area (Å²) in [4.78, 5) is 8.79. The molecule has 18 heavy (non-hydrogen) atoms. The first-order valence-electron chi connectivity index (χ1n) is 7.14. The molecule has 0 radical (unpaired) electrons. The van der Waals surface area contributed by atoms with E-state index in [0.717, 1.165) is 19.4 Å². The molecule has 1 aromatic heterocycles. The van der Waals surface area contributed by atoms with E-state index in [4.69, 9.17) is 10.7 Å². The van der Waals surface area contributed by atoms with Gasteiger partial charge in [0.05, 0.1) is 11.2 Å². The summed E-state index contributed by atoms with van der Waals surface area (Å²) in [5.41, 5.74) is 7.87. The Morgan fingerprint density at radius 3 is 2.83 bits per heavy atom. The zero-order valence-electron chi connectivity index (χ0n) is 11.2. The van der Waals surface area contributed by atoms with E-state index in [1.165, 1.54) is 54.2 Å². The Balaban J connectivity index is 1.86. The van der Waals surface area contributed by atoms with Gasteiger partial charge in [0.1, 0.15) is 5.01 Å². The fraction of sp³-hybridized carbons (Fsp3) is 0.786. The van der Waals surface area contributed by atoms with E-state index in [0.29, 0.717) is 0 Å². The number of aryl methyl sites for hydroxylation is 2. The first kappa shape index (κ1) is 12.6. The molecule has 3 nitrogen and oxygen atoms in total. The maximum Gasteiger partial charge on any atom is 0.113 e. The van der Waals surface area contributed by atoms with Gasteiger partial charge in [-0.05, 0) is 65.1 Å². The number of fused-ring (bicyclic) bond motifs is 1. The second kappa shape index (κ2) is 4.91. The molecule has 0 saturated carbocycles. The highest BCUT2D eigenvalue weighted by atomic mass is 32.1. The third-order valence-electron chi connectivity index (χ3n) is 4.37. The topological polar surface area (TPSA) is 42.1 Å². The number of likely N-dealkylation sites (tertiary alicyclic amines) is 1. The van der Waals surface area contributed by atoms with Crippen LogP contribution in [0.1, 0.15) is 47.7 Å². The Labute approximate surface area is 113 Å². The zero-order chi connectivity index (χ0) is 12.6. The van der Waals surface area contributed by atoms with Crippen LogP contribution in [-0.4, -0.2) is 30.0 Å². The number of rotatable bonds is 1. The van der Waals surface area contributed by atoms with E-state index in [1.54, 1.807) is 0 Å². The van der Waals surface area contributed by atoms with Crippen molar-refractivity contribution in [3.05, 3.63) is 15.6 Å². The van der Waals surface area contributed by atoms with Gasteiger partial charge in [0.25, 0.3) is 0 Å². The normalized spacial score (nSPS) is 29.9. The Hall–Kier alpha value is -0.450. The van der Waals surface area contributed by atoms with Crippen LogP contribution in [0.4, 0.5) is 0 Å². The van der Waals surface area contributed by atoms with Crippen LogP contribution in [0.2, 0.25) is 0 Å². The van der Waals surface area contributed by atoms with Gasteiger partial charge in [-0.25, -0.2) is 4.98 Å². The summed E-state index contributed by atoms with van der Waals surface area (Å²) < 4.78 is 0. The minimum Gasteiger partial charge on any atom is -0.319 e. The summed E-state index contributed by atoms with van der Waals surface area (Å²) in [6.45, 7) is 2.27. The lowest BCUT2D eigenvalue weighted by Crippen LogP contribution is -2.37. The second-order valence-corrected chi connectivity index (χ2v) is 6.99. The van der Waals surface area contributed by atoms with Gasteiger partial charge in [-0.15, -0.1) is 11.3 Å². The van der Waals surface area contributed by atoms with Gasteiger partial charge in [-0.2, -0.15) is 0 Å². The summed E-state index contributed by atoms with van der Waals surface area (Å²) in [6.07, 6.45) is 8.35. The smallest absolute Gasteiger partial charge is 0.113 e. The summed E-state index contributed by atoms with van der Waals surface area (Å²) in [5, 5.41) is 1.21. The van der Waals surface area contributed by atoms with Crippen molar-refractivity contribution in [3.8, 4) is 0 Å². The van der Waals surface area contributed by atoms with E-state index in [-0.39, 0.29) is 5.54 Å². The molecule has 1 atom stereocenters. The van der Waals surface area contributed by atoms with E-state index in [2.05, 4.69) is 11.9 Å². The Bertz CT molecular complexity index is 405. The minimum absolute atomic E-state index is 0.160. The molecule has 4 heteroatoms. The number of thiazole rings is 1. The summed E-state index contributed by atoms with van der Waals surface area (Å²) in [5.74, 6) is 0. The zero-order valence-corrected chi connectivity index (χ0v) is 12.1. The number of nitrogens with zero attached hydrogens (tertiary/aromatic N) is 2. The maximum atomic E-state index is 6.68. The molecule has 0 bridgehead atoms. The van der Waals surface area contributed by atoms with Crippen molar-refractivity contribution < 1.29 is 0 Å². The van der Waals surface area contributed by atoms with Crippen LogP contribution >= 0.6 is 11.3 Å². The fourth-order valence-corrected chi connectivity index (χ4v) is 4.38. The molecule has 2 N–H and O–H groups in total. The standard InChI is InChI=1S/C14H23N3S/c1-17-9-4-7-14(15,8-10-17)13-16-11-5-2-3-6-12(11)18-13/h2-10,15H2,1H3. The van der Waals surface area contributed by atoms with Crippen LogP contribution in [0.3, 0.4) is 0 Å². The van der Waals surface area contributed by atoms with Crippen molar-refractivity contribution in [1.82, 2.24) is 9.88 Å². The molecule has 2 heterocycles. The molecule has 1 aliphatic carbocycles. The van der Waals surface area contributed by atoms with Crippen LogP contribution < -0.4 is 5.73 Å². The Kier molecular flexibility index (Phi) is 3.43. The number of hydrogen-bond donors (Lipinski definition) is 1. The molecule has 3 rings (SSSR count). The average molecular weight is 265 g/mol. The molecule has 1 saturated heterocycles. The highest BCUT2D eigenvalue weighted by molar-refractivity contribution is 7.11. The van der Waals surface area contributed by atoms with Crippen molar-refractivity contribution in [2.45, 2.75) is 50.5 Å². The molecule has 0 amide bonds. The van der Waals surface area contributed by atoms with Crippen LogP contribution in [0.25, 0.3) is 0 Å². The molecule has 1 aliphatic heterocycles. The molecule has 1 fully saturated rings. The van der Waals surface area contributed by atoms with Gasteiger partial charge in [0.15, 0.2) is 0 Å². The summed E-state index contributed by atoms with van der Waals surface area (Å²) >= 11 is 1.90. The van der Waals surface area contributed by atoms with Crippen LogP contribution in [0.5, 0.6) is 0 Å². The summed E-state index contributed by atoms with van der Waals surface area (Å²) in [7, 11) is 2.19. The molecule has 2 aliphatic rings. The lowest BCUT2D eigenvalue weighted by Gasteiger charge is -2.25. The molecule has 0 spiro atoms. The third kappa shape index (κ3) is 2.33. The van der Waals surface area contributed by atoms with E-state index < -0.39 is 0 Å². The van der Waals surface area contributed by atoms with Gasteiger partial charge in [-0.1, -0.05) is 0 Å². The van der Waals surface area contributed by atoms with Crippen molar-refractivity contribution in [2.24, 2.45) is 5.73 Å². The Morgan fingerprint density at radius 2 is 2.00 bits per heavy atom. The quantitative estimate of drug-likeness (QED) is 0.847. The first-order chi connectivity index (χ1) is 8.67. The molecular weight excluding hydrogens is 242 g/mol. The highest BCUT2D eigenvalue weighted by Gasteiger charge is 2.33. The van der Waals surface area contributed by atoms with Crippen molar-refractivity contribution >= 4 is 11.3 Å².